The molecule has 1 atom stereocenters. The standard InChI is InChI=1S/C8H17ClOS/c1-4-11-6-5-10-8(9)7(2)3/h7-8H,4-6H2,1-3H3. The summed E-state index contributed by atoms with van der Waals surface area (Å²) in [7, 11) is 0. The first kappa shape index (κ1) is 11.6. The fourth-order valence-corrected chi connectivity index (χ4v) is 1.15. The van der Waals surface area contributed by atoms with E-state index in [0.717, 1.165) is 18.1 Å². The number of ether oxygens (including phenoxy) is 1. The van der Waals surface area contributed by atoms with Gasteiger partial charge in [0.05, 0.1) is 6.61 Å². The molecule has 0 aromatic heterocycles. The second-order valence-corrected chi connectivity index (χ2v) is 4.49. The topological polar surface area (TPSA) is 9.23 Å². The highest BCUT2D eigenvalue weighted by molar-refractivity contribution is 7.99. The van der Waals surface area contributed by atoms with Gasteiger partial charge in [-0.3, -0.25) is 0 Å². The molecule has 0 rings (SSSR count). The Morgan fingerprint density at radius 3 is 2.55 bits per heavy atom. The smallest absolute Gasteiger partial charge is 0.133 e. The molecule has 3 heteroatoms. The Hall–Kier alpha value is 0.600. The molecular weight excluding hydrogens is 180 g/mol. The van der Waals surface area contributed by atoms with E-state index < -0.39 is 0 Å². The van der Waals surface area contributed by atoms with Gasteiger partial charge in [-0.1, -0.05) is 32.4 Å². The monoisotopic (exact) mass is 196 g/mol. The van der Waals surface area contributed by atoms with Crippen molar-refractivity contribution < 1.29 is 4.74 Å². The van der Waals surface area contributed by atoms with Crippen LogP contribution in [0.1, 0.15) is 20.8 Å². The van der Waals surface area contributed by atoms with Crippen LogP contribution in [0.4, 0.5) is 0 Å². The van der Waals surface area contributed by atoms with Crippen LogP contribution in [0.3, 0.4) is 0 Å². The predicted molar refractivity (Wildman–Crippen MR) is 53.4 cm³/mol. The highest BCUT2D eigenvalue weighted by atomic mass is 35.5. The molecule has 0 heterocycles. The summed E-state index contributed by atoms with van der Waals surface area (Å²) >= 11 is 7.74. The van der Waals surface area contributed by atoms with Crippen LogP contribution >= 0.6 is 23.4 Å². The Morgan fingerprint density at radius 2 is 2.09 bits per heavy atom. The molecule has 0 N–H and O–H groups in total. The van der Waals surface area contributed by atoms with Crippen molar-refractivity contribution in [2.75, 3.05) is 18.1 Å². The van der Waals surface area contributed by atoms with E-state index in [9.17, 15) is 0 Å². The van der Waals surface area contributed by atoms with E-state index in [4.69, 9.17) is 16.3 Å². The summed E-state index contributed by atoms with van der Waals surface area (Å²) < 4.78 is 5.35. The first-order chi connectivity index (χ1) is 5.18. The second kappa shape index (κ2) is 7.26. The molecule has 0 aromatic carbocycles. The van der Waals surface area contributed by atoms with E-state index in [1.807, 2.05) is 11.8 Å². The van der Waals surface area contributed by atoms with Crippen LogP contribution in [0.15, 0.2) is 0 Å². The molecule has 0 saturated heterocycles. The molecule has 0 aromatic rings. The third-order valence-corrected chi connectivity index (χ3v) is 2.73. The molecule has 0 fully saturated rings. The normalized spacial score (nSPS) is 13.9. The Morgan fingerprint density at radius 1 is 1.45 bits per heavy atom. The van der Waals surface area contributed by atoms with Crippen molar-refractivity contribution in [2.24, 2.45) is 5.92 Å². The molecule has 68 valence electrons. The lowest BCUT2D eigenvalue weighted by Gasteiger charge is -2.13. The summed E-state index contributed by atoms with van der Waals surface area (Å²) in [5.74, 6) is 2.60. The number of thioether (sulfide) groups is 1. The van der Waals surface area contributed by atoms with E-state index >= 15 is 0 Å². The fraction of sp³-hybridized carbons (Fsp3) is 1.00. The number of halogens is 1. The van der Waals surface area contributed by atoms with Crippen LogP contribution in [0, 0.1) is 5.92 Å². The van der Waals surface area contributed by atoms with Gasteiger partial charge >= 0.3 is 0 Å². The van der Waals surface area contributed by atoms with Gasteiger partial charge in [0.1, 0.15) is 5.56 Å². The lowest BCUT2D eigenvalue weighted by atomic mass is 10.2. The van der Waals surface area contributed by atoms with Gasteiger partial charge < -0.3 is 4.74 Å². The molecule has 11 heavy (non-hydrogen) atoms. The maximum Gasteiger partial charge on any atom is 0.133 e. The first-order valence-corrected chi connectivity index (χ1v) is 5.61. The Kier molecular flexibility index (Phi) is 7.66. The maximum atomic E-state index is 5.86. The van der Waals surface area contributed by atoms with E-state index in [0.29, 0.717) is 5.92 Å². The van der Waals surface area contributed by atoms with Gasteiger partial charge in [0.25, 0.3) is 0 Å². The zero-order chi connectivity index (χ0) is 8.69. The average molecular weight is 197 g/mol. The molecule has 1 nitrogen and oxygen atoms in total. The molecule has 0 bridgehead atoms. The second-order valence-electron chi connectivity index (χ2n) is 2.66. The van der Waals surface area contributed by atoms with Gasteiger partial charge in [0.2, 0.25) is 0 Å². The Balaban J connectivity index is 3.10. The van der Waals surface area contributed by atoms with E-state index in [-0.39, 0.29) is 5.56 Å². The van der Waals surface area contributed by atoms with Gasteiger partial charge in [-0.05, 0) is 11.7 Å². The Labute approximate surface area is 78.8 Å². The van der Waals surface area contributed by atoms with Crippen molar-refractivity contribution in [1.29, 1.82) is 0 Å². The van der Waals surface area contributed by atoms with Crippen LogP contribution in [0.25, 0.3) is 0 Å². The molecule has 0 amide bonds. The quantitative estimate of drug-likeness (QED) is 0.477. The third kappa shape index (κ3) is 6.98. The molecule has 1 unspecified atom stereocenters. The summed E-state index contributed by atoms with van der Waals surface area (Å²) in [4.78, 5) is 0. The van der Waals surface area contributed by atoms with Gasteiger partial charge in [0.15, 0.2) is 0 Å². The molecule has 0 saturated carbocycles. The number of hydrogen-bond acceptors (Lipinski definition) is 2. The van der Waals surface area contributed by atoms with Crippen molar-refractivity contribution in [3.63, 3.8) is 0 Å². The van der Waals surface area contributed by atoms with E-state index in [2.05, 4.69) is 20.8 Å². The number of rotatable bonds is 6. The largest absolute Gasteiger partial charge is 0.361 e. The van der Waals surface area contributed by atoms with Gasteiger partial charge in [-0.15, -0.1) is 0 Å². The molecular formula is C8H17ClOS. The molecule has 0 aliphatic rings. The minimum absolute atomic E-state index is 0.118. The molecule has 0 aliphatic heterocycles. The zero-order valence-corrected chi connectivity index (χ0v) is 9.04. The van der Waals surface area contributed by atoms with Crippen molar-refractivity contribution in [3.05, 3.63) is 0 Å². The summed E-state index contributed by atoms with van der Waals surface area (Å²) in [5.41, 5.74) is -0.118. The van der Waals surface area contributed by atoms with Crippen molar-refractivity contribution in [1.82, 2.24) is 0 Å². The summed E-state index contributed by atoms with van der Waals surface area (Å²) in [6.45, 7) is 7.03. The lowest BCUT2D eigenvalue weighted by molar-refractivity contribution is 0.0910. The number of alkyl halides is 1. The van der Waals surface area contributed by atoms with Crippen LogP contribution in [0.2, 0.25) is 0 Å². The van der Waals surface area contributed by atoms with Crippen LogP contribution in [0.5, 0.6) is 0 Å². The van der Waals surface area contributed by atoms with Crippen LogP contribution in [-0.2, 0) is 4.74 Å². The Bertz CT molecular complexity index is 88.2. The highest BCUT2D eigenvalue weighted by Gasteiger charge is 2.08. The lowest BCUT2D eigenvalue weighted by Crippen LogP contribution is -2.14. The predicted octanol–water partition coefficient (Wildman–Crippen LogP) is 2.98. The van der Waals surface area contributed by atoms with Gasteiger partial charge in [0, 0.05) is 5.75 Å². The summed E-state index contributed by atoms with van der Waals surface area (Å²) in [6.07, 6.45) is 0. The average Bonchev–Trinajstić information content (AvgIpc) is 1.97. The molecule has 0 aliphatic carbocycles. The van der Waals surface area contributed by atoms with Gasteiger partial charge in [-0.25, -0.2) is 0 Å². The SMILES string of the molecule is CCSCCOC(Cl)C(C)C. The minimum Gasteiger partial charge on any atom is -0.361 e. The highest BCUT2D eigenvalue weighted by Crippen LogP contribution is 2.11. The van der Waals surface area contributed by atoms with Crippen molar-refractivity contribution in [3.8, 4) is 0 Å². The zero-order valence-electron chi connectivity index (χ0n) is 7.47. The van der Waals surface area contributed by atoms with Crippen molar-refractivity contribution >= 4 is 23.4 Å². The third-order valence-electron chi connectivity index (χ3n) is 1.23. The van der Waals surface area contributed by atoms with Crippen molar-refractivity contribution in [2.45, 2.75) is 26.3 Å². The molecule has 0 spiro atoms. The minimum atomic E-state index is -0.118. The summed E-state index contributed by atoms with van der Waals surface area (Å²) in [6, 6.07) is 0. The van der Waals surface area contributed by atoms with Crippen LogP contribution < -0.4 is 0 Å². The molecule has 0 radical (unpaired) electrons. The van der Waals surface area contributed by atoms with E-state index in [1.165, 1.54) is 0 Å². The number of hydrogen-bond donors (Lipinski definition) is 0. The van der Waals surface area contributed by atoms with Crippen LogP contribution in [-0.4, -0.2) is 23.7 Å². The maximum absolute atomic E-state index is 5.86. The first-order valence-electron chi connectivity index (χ1n) is 4.02. The van der Waals surface area contributed by atoms with Gasteiger partial charge in [-0.2, -0.15) is 11.8 Å². The fourth-order valence-electron chi connectivity index (χ4n) is 0.556. The van der Waals surface area contributed by atoms with E-state index in [1.54, 1.807) is 0 Å². The summed E-state index contributed by atoms with van der Waals surface area (Å²) in [5, 5.41) is 0.